The third-order valence-corrected chi connectivity index (χ3v) is 9.88. The summed E-state index contributed by atoms with van der Waals surface area (Å²) >= 11 is 0. The minimum Gasteiger partial charge on any atom is -0.436 e. The van der Waals surface area contributed by atoms with Crippen molar-refractivity contribution in [3.8, 4) is 23.3 Å². The number of benzene rings is 3. The lowest BCUT2D eigenvalue weighted by Crippen LogP contribution is -2.51. The highest BCUT2D eigenvalue weighted by molar-refractivity contribution is 7.91. The number of H-pyrrole nitrogens is 1. The predicted octanol–water partition coefficient (Wildman–Crippen LogP) is 5.25. The number of hydrogen-bond donors (Lipinski definition) is 7. The van der Waals surface area contributed by atoms with Crippen LogP contribution in [-0.4, -0.2) is 61.6 Å². The molecule has 3 aromatic carbocycles. The number of ether oxygens (including phenoxy) is 1. The Bertz CT molecular complexity index is 2340. The van der Waals surface area contributed by atoms with Gasteiger partial charge in [-0.15, -0.1) is 0 Å². The van der Waals surface area contributed by atoms with E-state index in [0.29, 0.717) is 33.5 Å². The number of sulfonamides is 1. The van der Waals surface area contributed by atoms with Crippen LogP contribution in [0.4, 0.5) is 21.0 Å². The molecule has 0 spiro atoms. The maximum atomic E-state index is 13.5. The van der Waals surface area contributed by atoms with E-state index >= 15 is 0 Å². The minimum absolute atomic E-state index is 0.0940. The second kappa shape index (κ2) is 18.4. The molecule has 8 N–H and O–H groups in total. The number of carbonyl (C=O) groups is 4. The molecule has 0 radical (unpaired) electrons. The number of fused-ring (bicyclic) bond motifs is 1. The first-order chi connectivity index (χ1) is 26.8. The van der Waals surface area contributed by atoms with E-state index in [4.69, 9.17) is 10.5 Å². The number of carbonyl (C=O) groups excluding carboxylic acids is 4. The first kappa shape index (κ1) is 43.1. The second-order valence-electron chi connectivity index (χ2n) is 14.9. The van der Waals surface area contributed by atoms with Crippen molar-refractivity contribution in [3.05, 3.63) is 83.0 Å². The van der Waals surface area contributed by atoms with Gasteiger partial charge >= 0.3 is 12.1 Å². The van der Waals surface area contributed by atoms with E-state index in [2.05, 4.69) is 43.1 Å². The van der Waals surface area contributed by atoms with Crippen LogP contribution < -0.4 is 31.7 Å². The largest absolute Gasteiger partial charge is 0.436 e. The van der Waals surface area contributed by atoms with Gasteiger partial charge in [-0.25, -0.2) is 18.0 Å². The molecule has 0 bridgehead atoms. The molecular weight excluding hydrogens is 751 g/mol. The van der Waals surface area contributed by atoms with Crippen LogP contribution in [0, 0.1) is 35.5 Å². The van der Waals surface area contributed by atoms with Gasteiger partial charge in [-0.3, -0.25) is 14.3 Å². The molecule has 17 heteroatoms. The van der Waals surface area contributed by atoms with Crippen LogP contribution in [0.5, 0.6) is 0 Å². The van der Waals surface area contributed by atoms with Gasteiger partial charge in [-0.05, 0) is 81.8 Å². The van der Waals surface area contributed by atoms with Gasteiger partial charge in [0.15, 0.2) is 6.10 Å². The van der Waals surface area contributed by atoms with E-state index in [1.54, 1.807) is 52.9 Å². The summed E-state index contributed by atoms with van der Waals surface area (Å²) in [6.45, 7) is 10.7. The number of urea groups is 1. The number of anilines is 2. The molecule has 0 aliphatic rings. The number of aromatic amines is 1. The number of rotatable bonds is 15. The van der Waals surface area contributed by atoms with Gasteiger partial charge in [0.1, 0.15) is 12.1 Å². The molecule has 5 amide bonds. The molecule has 4 rings (SSSR count). The molecule has 16 nitrogen and oxygen atoms in total. The Kier molecular flexibility index (Phi) is 13.9. The number of hydrogen-bond acceptors (Lipinski definition) is 9. The fraction of sp³-hybridized carbons (Fsp3) is 0.350. The molecule has 0 aliphatic carbocycles. The Labute approximate surface area is 331 Å². The van der Waals surface area contributed by atoms with Gasteiger partial charge in [0.2, 0.25) is 15.9 Å². The van der Waals surface area contributed by atoms with Crippen molar-refractivity contribution in [3.63, 3.8) is 0 Å². The Morgan fingerprint density at radius 3 is 2.18 bits per heavy atom. The lowest BCUT2D eigenvalue weighted by molar-refractivity contribution is -0.134. The first-order valence-electron chi connectivity index (χ1n) is 18.1. The second-order valence-corrected chi connectivity index (χ2v) is 16.6. The predicted molar refractivity (Wildman–Crippen MR) is 216 cm³/mol. The molecule has 1 aromatic heterocycles. The zero-order chi connectivity index (χ0) is 42.1. The summed E-state index contributed by atoms with van der Waals surface area (Å²) in [7, 11) is -3.96. The molecule has 2 atom stereocenters. The fourth-order valence-corrected chi connectivity index (χ4v) is 7.19. The van der Waals surface area contributed by atoms with Crippen molar-refractivity contribution in [2.24, 2.45) is 11.7 Å². The van der Waals surface area contributed by atoms with Crippen LogP contribution in [0.25, 0.3) is 22.0 Å². The van der Waals surface area contributed by atoms with Crippen molar-refractivity contribution in [1.29, 1.82) is 10.5 Å². The van der Waals surface area contributed by atoms with Crippen molar-refractivity contribution in [2.75, 3.05) is 16.6 Å². The number of aryl methyl sites for hydroxylation is 1. The smallest absolute Gasteiger partial charge is 0.408 e. The maximum absolute atomic E-state index is 13.5. The molecule has 57 heavy (non-hydrogen) atoms. The molecule has 4 aromatic rings. The Morgan fingerprint density at radius 2 is 1.56 bits per heavy atom. The summed E-state index contributed by atoms with van der Waals surface area (Å²) in [5.41, 5.74) is 8.99. The summed E-state index contributed by atoms with van der Waals surface area (Å²) in [4.78, 5) is 53.5. The molecule has 300 valence electrons. The summed E-state index contributed by atoms with van der Waals surface area (Å²) in [5, 5.41) is 30.7. The minimum atomic E-state index is -3.96. The number of aromatic nitrogens is 1. The number of nitrogens with one attached hydrogen (secondary N) is 6. The molecule has 0 aliphatic heterocycles. The first-order valence-corrected chi connectivity index (χ1v) is 19.7. The third-order valence-electron chi connectivity index (χ3n) is 8.62. The average molecular weight is 798 g/mol. The lowest BCUT2D eigenvalue weighted by atomic mass is 9.95. The molecular formula is C40H47N9O7S. The van der Waals surface area contributed by atoms with E-state index in [9.17, 15) is 38.1 Å². The summed E-state index contributed by atoms with van der Waals surface area (Å²) in [6, 6.07) is 16.9. The Morgan fingerprint density at radius 1 is 0.912 bits per heavy atom. The van der Waals surface area contributed by atoms with Crippen molar-refractivity contribution >= 4 is 56.2 Å². The maximum Gasteiger partial charge on any atom is 0.408 e. The summed E-state index contributed by atoms with van der Waals surface area (Å²) in [5.74, 6) is -2.15. The Hall–Kier alpha value is -6.59. The molecule has 1 heterocycles. The normalized spacial score (nSPS) is 12.4. The van der Waals surface area contributed by atoms with Crippen LogP contribution in [0.2, 0.25) is 0 Å². The highest BCUT2D eigenvalue weighted by Gasteiger charge is 2.31. The number of nitrogens with zero attached hydrogens (tertiary/aromatic N) is 2. The van der Waals surface area contributed by atoms with Gasteiger partial charge in [-0.1, -0.05) is 44.2 Å². The van der Waals surface area contributed by atoms with Gasteiger partial charge in [-0.2, -0.15) is 10.5 Å². The Balaban J connectivity index is 1.44. The van der Waals surface area contributed by atoms with Gasteiger partial charge in [0.25, 0.3) is 5.91 Å². The SMILES string of the molecule is Cc1ccc(-c2ccc(NS(=O)(=O)Cc3ccc(NC(=O)[C@H](CCCNC(N)=O)NC(=O)[C@@H](OC(=O)NC(C)(C)C)C(C)C)cc3)cc2C#N)c2[nH]cc(C#N)c12. The third kappa shape index (κ3) is 11.9. The van der Waals surface area contributed by atoms with Gasteiger partial charge in [0.05, 0.1) is 28.5 Å². The number of alkyl carbamates (subject to hydrolysis) is 1. The number of nitrogens with two attached hydrogens (primary N) is 1. The zero-order valence-electron chi connectivity index (χ0n) is 32.6. The quantitative estimate of drug-likeness (QED) is 0.0774. The van der Waals surface area contributed by atoms with E-state index < -0.39 is 63.3 Å². The van der Waals surface area contributed by atoms with Crippen LogP contribution in [0.1, 0.15) is 69.7 Å². The van der Waals surface area contributed by atoms with E-state index in [-0.39, 0.29) is 30.6 Å². The highest BCUT2D eigenvalue weighted by atomic mass is 32.2. The standard InChI is InChI=1S/C40H47N9O7S/c1-23(2)35(56-39(53)48-40(4,5)6)37(51)47-32(8-7-17-44-38(43)52)36(50)46-28-12-10-25(11-13-28)22-57(54,55)49-29-14-16-30(26(18-29)19-41)31-15-9-24(3)33-27(20-42)21-45-34(31)33/h9-16,18,21,23,32,35,45,49H,7-8,17,22H2,1-6H3,(H,46,50)(H,47,51)(H,48,53)(H3,43,44,52)/t32-,35-/m0/s1. The average Bonchev–Trinajstić information content (AvgIpc) is 3.57. The summed E-state index contributed by atoms with van der Waals surface area (Å²) in [6.07, 6.45) is -0.0323. The van der Waals surface area contributed by atoms with Gasteiger partial charge in [0, 0.05) is 46.2 Å². The highest BCUT2D eigenvalue weighted by Crippen LogP contribution is 2.35. The topological polar surface area (TPSA) is 261 Å². The molecule has 0 saturated heterocycles. The lowest BCUT2D eigenvalue weighted by Gasteiger charge is -2.26. The number of amides is 5. The van der Waals surface area contributed by atoms with Crippen LogP contribution in [0.3, 0.4) is 0 Å². The van der Waals surface area contributed by atoms with Gasteiger partial charge < -0.3 is 36.7 Å². The van der Waals surface area contributed by atoms with Crippen LogP contribution in [0.15, 0.2) is 60.8 Å². The fourth-order valence-electron chi connectivity index (χ4n) is 6.00. The van der Waals surface area contributed by atoms with E-state index in [0.717, 1.165) is 10.9 Å². The van der Waals surface area contributed by atoms with Crippen molar-refractivity contribution < 1.29 is 32.3 Å². The van der Waals surface area contributed by atoms with Crippen LogP contribution >= 0.6 is 0 Å². The van der Waals surface area contributed by atoms with Crippen LogP contribution in [-0.2, 0) is 30.1 Å². The monoisotopic (exact) mass is 797 g/mol. The van der Waals surface area contributed by atoms with Crippen molar-refractivity contribution in [1.82, 2.24) is 20.9 Å². The molecule has 0 unspecified atom stereocenters. The molecule has 0 fully saturated rings. The molecule has 0 saturated carbocycles. The number of nitriles is 2. The van der Waals surface area contributed by atoms with E-state index in [1.807, 2.05) is 19.1 Å². The van der Waals surface area contributed by atoms with Crippen molar-refractivity contribution in [2.45, 2.75) is 77.8 Å². The number of primary amides is 1. The van der Waals surface area contributed by atoms with E-state index in [1.165, 1.54) is 30.3 Å². The summed E-state index contributed by atoms with van der Waals surface area (Å²) < 4.78 is 34.4. The zero-order valence-corrected chi connectivity index (χ0v) is 33.4.